The summed E-state index contributed by atoms with van der Waals surface area (Å²) in [6, 6.07) is 13.2. The largest absolute Gasteiger partial charge is 0.490 e. The highest BCUT2D eigenvalue weighted by molar-refractivity contribution is 5.83. The van der Waals surface area contributed by atoms with Crippen molar-refractivity contribution in [3.63, 3.8) is 0 Å². The molecule has 9 nitrogen and oxygen atoms in total. The van der Waals surface area contributed by atoms with Crippen LogP contribution in [0.5, 0.6) is 5.75 Å². The molecule has 0 aliphatic heterocycles. The topological polar surface area (TPSA) is 116 Å². The first-order valence-electron chi connectivity index (χ1n) is 11.1. The lowest BCUT2D eigenvalue weighted by atomic mass is 10.1. The number of aromatic nitrogens is 4. The molecule has 4 aromatic rings. The molecule has 174 valence electrons. The second-order valence-electron chi connectivity index (χ2n) is 7.96. The number of fused-ring (bicyclic) bond motifs is 1. The van der Waals surface area contributed by atoms with Gasteiger partial charge in [-0.1, -0.05) is 5.16 Å². The molecule has 2 aromatic heterocycles. The number of hydrogen-bond donors (Lipinski definition) is 0. The van der Waals surface area contributed by atoms with E-state index in [-0.39, 0.29) is 12.1 Å². The van der Waals surface area contributed by atoms with Crippen LogP contribution in [0.2, 0.25) is 0 Å². The van der Waals surface area contributed by atoms with Crippen molar-refractivity contribution in [3.05, 3.63) is 48.2 Å². The molecular weight excluding hydrogens is 434 g/mol. The van der Waals surface area contributed by atoms with Crippen LogP contribution in [0.4, 0.5) is 0 Å². The van der Waals surface area contributed by atoms with E-state index < -0.39 is 0 Å². The van der Waals surface area contributed by atoms with E-state index in [1.165, 1.54) is 0 Å². The van der Waals surface area contributed by atoms with Crippen LogP contribution >= 0.6 is 0 Å². The number of rotatable bonds is 9. The predicted molar refractivity (Wildman–Crippen MR) is 125 cm³/mol. The first-order valence-corrected chi connectivity index (χ1v) is 11.1. The zero-order chi connectivity index (χ0) is 24.1. The van der Waals surface area contributed by atoms with Gasteiger partial charge in [0, 0.05) is 29.5 Å². The number of aryl methyl sites for hydroxylation is 1. The highest BCUT2D eigenvalue weighted by Gasteiger charge is 2.15. The number of ether oxygens (including phenoxy) is 2. The third kappa shape index (κ3) is 5.07. The quantitative estimate of drug-likeness (QED) is 0.329. The molecule has 2 heterocycles. The van der Waals surface area contributed by atoms with Crippen LogP contribution in [0.3, 0.4) is 0 Å². The number of carbonyl (C=O) groups is 1. The molecule has 0 atom stereocenters. The molecule has 0 spiro atoms. The SMILES string of the molecule is CCOC(=O)CCCn1ncc2cc(-c3noc(-c4ccc(OC(C)C)c(C#N)c4)n3)ccc21. The van der Waals surface area contributed by atoms with Crippen molar-refractivity contribution in [1.29, 1.82) is 5.26 Å². The van der Waals surface area contributed by atoms with Gasteiger partial charge in [-0.25, -0.2) is 0 Å². The average molecular weight is 460 g/mol. The molecule has 0 aliphatic carbocycles. The Bertz CT molecular complexity index is 1350. The average Bonchev–Trinajstić information content (AvgIpc) is 3.46. The highest BCUT2D eigenvalue weighted by Crippen LogP contribution is 2.29. The van der Waals surface area contributed by atoms with Gasteiger partial charge in [0.15, 0.2) is 0 Å². The van der Waals surface area contributed by atoms with Crippen molar-refractivity contribution in [2.45, 2.75) is 46.3 Å². The molecule has 0 fully saturated rings. The highest BCUT2D eigenvalue weighted by atomic mass is 16.5. The molecule has 4 rings (SSSR count). The summed E-state index contributed by atoms with van der Waals surface area (Å²) >= 11 is 0. The Hall–Kier alpha value is -4.19. The number of benzene rings is 2. The zero-order valence-corrected chi connectivity index (χ0v) is 19.3. The maximum atomic E-state index is 11.5. The zero-order valence-electron chi connectivity index (χ0n) is 19.3. The molecule has 0 bridgehead atoms. The van der Waals surface area contributed by atoms with E-state index in [0.717, 1.165) is 16.5 Å². The first kappa shape index (κ1) is 23.0. The smallest absolute Gasteiger partial charge is 0.305 e. The molecule has 0 amide bonds. The Balaban J connectivity index is 1.51. The van der Waals surface area contributed by atoms with Gasteiger partial charge in [-0.15, -0.1) is 0 Å². The molecule has 0 radical (unpaired) electrons. The van der Waals surface area contributed by atoms with Crippen LogP contribution in [0.15, 0.2) is 47.1 Å². The normalized spacial score (nSPS) is 11.0. The van der Waals surface area contributed by atoms with E-state index in [9.17, 15) is 10.1 Å². The van der Waals surface area contributed by atoms with Gasteiger partial charge in [0.1, 0.15) is 11.8 Å². The third-order valence-corrected chi connectivity index (χ3v) is 5.09. The van der Waals surface area contributed by atoms with Crippen LogP contribution in [0, 0.1) is 11.3 Å². The fraction of sp³-hybridized carbons (Fsp3) is 0.320. The van der Waals surface area contributed by atoms with Crippen molar-refractivity contribution in [2.75, 3.05) is 6.61 Å². The second kappa shape index (κ2) is 10.2. The molecule has 9 heteroatoms. The molecule has 0 saturated carbocycles. The van der Waals surface area contributed by atoms with E-state index in [2.05, 4.69) is 21.3 Å². The van der Waals surface area contributed by atoms with Gasteiger partial charge < -0.3 is 14.0 Å². The van der Waals surface area contributed by atoms with E-state index in [0.29, 0.717) is 54.6 Å². The number of esters is 1. The molecule has 0 aliphatic rings. The lowest BCUT2D eigenvalue weighted by Gasteiger charge is -2.11. The summed E-state index contributed by atoms with van der Waals surface area (Å²) < 4.78 is 18.0. The van der Waals surface area contributed by atoms with Crippen LogP contribution in [-0.2, 0) is 16.1 Å². The van der Waals surface area contributed by atoms with Crippen LogP contribution in [0.25, 0.3) is 33.7 Å². The molecule has 34 heavy (non-hydrogen) atoms. The van der Waals surface area contributed by atoms with E-state index in [1.54, 1.807) is 31.3 Å². The predicted octanol–water partition coefficient (Wildman–Crippen LogP) is 4.76. The summed E-state index contributed by atoms with van der Waals surface area (Å²) in [6.45, 7) is 6.62. The van der Waals surface area contributed by atoms with Gasteiger partial charge in [0.2, 0.25) is 5.82 Å². The van der Waals surface area contributed by atoms with Gasteiger partial charge in [0.05, 0.1) is 30.0 Å². The summed E-state index contributed by atoms with van der Waals surface area (Å²) in [5.74, 6) is 1.08. The minimum Gasteiger partial charge on any atom is -0.490 e. The number of carbonyl (C=O) groups excluding carboxylic acids is 1. The van der Waals surface area contributed by atoms with Crippen molar-refractivity contribution in [3.8, 4) is 34.7 Å². The summed E-state index contributed by atoms with van der Waals surface area (Å²) in [5, 5.41) is 18.9. The third-order valence-electron chi connectivity index (χ3n) is 5.09. The molecule has 2 aromatic carbocycles. The summed E-state index contributed by atoms with van der Waals surface area (Å²) in [7, 11) is 0. The molecule has 0 unspecified atom stereocenters. The standard InChI is InChI=1S/C25H25N5O4/c1-4-32-23(31)6-5-11-30-21-9-7-17(12-20(21)15-27-30)24-28-25(34-29-24)18-8-10-22(33-16(2)3)19(13-18)14-26/h7-10,12-13,15-16H,4-6,11H2,1-3H3. The molecule has 0 saturated heterocycles. The Morgan fingerprint density at radius 2 is 2.03 bits per heavy atom. The van der Waals surface area contributed by atoms with Crippen LogP contribution < -0.4 is 4.74 Å². The number of nitriles is 1. The lowest BCUT2D eigenvalue weighted by molar-refractivity contribution is -0.143. The van der Waals surface area contributed by atoms with E-state index >= 15 is 0 Å². The van der Waals surface area contributed by atoms with Crippen molar-refractivity contribution >= 4 is 16.9 Å². The summed E-state index contributed by atoms with van der Waals surface area (Å²) in [5.41, 5.74) is 2.79. The summed E-state index contributed by atoms with van der Waals surface area (Å²) in [4.78, 5) is 16.0. The van der Waals surface area contributed by atoms with Crippen molar-refractivity contribution in [1.82, 2.24) is 19.9 Å². The maximum absolute atomic E-state index is 11.5. The minimum absolute atomic E-state index is 0.0372. The number of hydrogen-bond acceptors (Lipinski definition) is 8. The molecular formula is C25H25N5O4. The Morgan fingerprint density at radius 1 is 1.21 bits per heavy atom. The second-order valence-corrected chi connectivity index (χ2v) is 7.96. The summed E-state index contributed by atoms with van der Waals surface area (Å²) in [6.07, 6.45) is 2.75. The lowest BCUT2D eigenvalue weighted by Crippen LogP contribution is -2.07. The Morgan fingerprint density at radius 3 is 2.79 bits per heavy atom. The van der Waals surface area contributed by atoms with Crippen molar-refractivity contribution in [2.24, 2.45) is 0 Å². The van der Waals surface area contributed by atoms with Gasteiger partial charge in [0.25, 0.3) is 5.89 Å². The Kier molecular flexibility index (Phi) is 6.87. The van der Waals surface area contributed by atoms with E-state index in [1.807, 2.05) is 36.7 Å². The maximum Gasteiger partial charge on any atom is 0.305 e. The van der Waals surface area contributed by atoms with Gasteiger partial charge >= 0.3 is 5.97 Å². The van der Waals surface area contributed by atoms with Gasteiger partial charge in [-0.05, 0) is 63.6 Å². The first-order chi connectivity index (χ1) is 16.5. The van der Waals surface area contributed by atoms with Gasteiger partial charge in [-0.2, -0.15) is 15.3 Å². The fourth-order valence-corrected chi connectivity index (χ4v) is 3.58. The van der Waals surface area contributed by atoms with Crippen LogP contribution in [-0.4, -0.2) is 38.6 Å². The van der Waals surface area contributed by atoms with E-state index in [4.69, 9.17) is 14.0 Å². The minimum atomic E-state index is -0.196. The van der Waals surface area contributed by atoms with Gasteiger partial charge in [-0.3, -0.25) is 9.48 Å². The van der Waals surface area contributed by atoms with Crippen LogP contribution in [0.1, 0.15) is 39.2 Å². The molecule has 0 N–H and O–H groups in total. The fourth-order valence-electron chi connectivity index (χ4n) is 3.58. The Labute approximate surface area is 196 Å². The van der Waals surface area contributed by atoms with Crippen molar-refractivity contribution < 1.29 is 18.8 Å². The monoisotopic (exact) mass is 459 g/mol. The number of nitrogens with zero attached hydrogens (tertiary/aromatic N) is 5.